The Labute approximate surface area is 97.6 Å². The van der Waals surface area contributed by atoms with Gasteiger partial charge in [0, 0.05) is 23.6 Å². The van der Waals surface area contributed by atoms with Gasteiger partial charge in [0.2, 0.25) is 0 Å². The number of pyridine rings is 1. The van der Waals surface area contributed by atoms with Crippen molar-refractivity contribution in [3.05, 3.63) is 34.3 Å². The second-order valence-electron chi connectivity index (χ2n) is 3.46. The van der Waals surface area contributed by atoms with Crippen LogP contribution in [0.5, 0.6) is 0 Å². The lowest BCUT2D eigenvalue weighted by Crippen LogP contribution is -2.05. The number of imidazole rings is 1. The normalized spacial score (nSPS) is 11.1. The molecule has 2 rings (SSSR count). The van der Waals surface area contributed by atoms with E-state index in [0.717, 1.165) is 29.0 Å². The average molecular weight is 268 g/mol. The van der Waals surface area contributed by atoms with Crippen molar-refractivity contribution in [2.75, 3.05) is 7.05 Å². The Morgan fingerprint density at radius 2 is 2.33 bits per heavy atom. The molecule has 0 unspecified atom stereocenters. The van der Waals surface area contributed by atoms with Crippen molar-refractivity contribution < 1.29 is 0 Å². The number of nitrogens with one attached hydrogen (secondary N) is 1. The van der Waals surface area contributed by atoms with Gasteiger partial charge in [0.25, 0.3) is 0 Å². The maximum atomic E-state index is 4.62. The highest BCUT2D eigenvalue weighted by molar-refractivity contribution is 9.10. The van der Waals surface area contributed by atoms with Crippen molar-refractivity contribution in [2.45, 2.75) is 19.9 Å². The smallest absolute Gasteiger partial charge is 0.113 e. The first-order valence-corrected chi connectivity index (χ1v) is 5.85. The summed E-state index contributed by atoms with van der Waals surface area (Å²) in [7, 11) is 1.94. The number of hydrogen-bond acceptors (Lipinski definition) is 2. The minimum absolute atomic E-state index is 0.806. The monoisotopic (exact) mass is 267 g/mol. The molecular formula is C11H14BrN3. The van der Waals surface area contributed by atoms with Crippen LogP contribution < -0.4 is 5.32 Å². The summed E-state index contributed by atoms with van der Waals surface area (Å²) in [6, 6.07) is 4.15. The van der Waals surface area contributed by atoms with E-state index in [1.807, 2.05) is 13.1 Å². The Hall–Kier alpha value is -0.870. The molecule has 0 aromatic carbocycles. The summed E-state index contributed by atoms with van der Waals surface area (Å²) >= 11 is 3.49. The molecule has 80 valence electrons. The summed E-state index contributed by atoms with van der Waals surface area (Å²) in [4.78, 5) is 4.62. The summed E-state index contributed by atoms with van der Waals surface area (Å²) < 4.78 is 3.24. The third kappa shape index (κ3) is 1.92. The predicted molar refractivity (Wildman–Crippen MR) is 65.0 cm³/mol. The van der Waals surface area contributed by atoms with Gasteiger partial charge in [0.1, 0.15) is 5.82 Å². The molecular weight excluding hydrogens is 254 g/mol. The zero-order valence-corrected chi connectivity index (χ0v) is 10.5. The molecule has 3 nitrogen and oxygen atoms in total. The van der Waals surface area contributed by atoms with Crippen LogP contribution in [0, 0.1) is 0 Å². The number of aryl methyl sites for hydroxylation is 1. The fraction of sp³-hybridized carbons (Fsp3) is 0.364. The van der Waals surface area contributed by atoms with Gasteiger partial charge in [-0.25, -0.2) is 4.98 Å². The van der Waals surface area contributed by atoms with Crippen molar-refractivity contribution >= 4 is 21.4 Å². The van der Waals surface area contributed by atoms with Crippen molar-refractivity contribution in [1.29, 1.82) is 0 Å². The molecule has 0 saturated carbocycles. The van der Waals surface area contributed by atoms with Gasteiger partial charge in [-0.3, -0.25) is 0 Å². The molecule has 1 N–H and O–H groups in total. The summed E-state index contributed by atoms with van der Waals surface area (Å²) in [6.07, 6.45) is 3.01. The topological polar surface area (TPSA) is 29.3 Å². The Morgan fingerprint density at radius 3 is 3.00 bits per heavy atom. The van der Waals surface area contributed by atoms with Crippen LogP contribution in [0.4, 0.5) is 0 Å². The number of aromatic nitrogens is 2. The molecule has 0 saturated heterocycles. The van der Waals surface area contributed by atoms with Crippen molar-refractivity contribution in [1.82, 2.24) is 14.7 Å². The van der Waals surface area contributed by atoms with Crippen LogP contribution in [0.25, 0.3) is 5.52 Å². The van der Waals surface area contributed by atoms with Crippen LogP contribution in [-0.2, 0) is 13.0 Å². The molecule has 0 aliphatic rings. The highest BCUT2D eigenvalue weighted by atomic mass is 79.9. The number of hydrogen-bond donors (Lipinski definition) is 1. The molecule has 0 spiro atoms. The van der Waals surface area contributed by atoms with E-state index in [1.54, 1.807) is 0 Å². The predicted octanol–water partition coefficient (Wildman–Crippen LogP) is 2.38. The van der Waals surface area contributed by atoms with E-state index in [-0.39, 0.29) is 0 Å². The molecule has 0 atom stereocenters. The lowest BCUT2D eigenvalue weighted by atomic mass is 10.3. The fourth-order valence-corrected chi connectivity index (χ4v) is 2.07. The van der Waals surface area contributed by atoms with Crippen molar-refractivity contribution in [2.24, 2.45) is 0 Å². The van der Waals surface area contributed by atoms with Gasteiger partial charge < -0.3 is 9.72 Å². The van der Waals surface area contributed by atoms with E-state index in [0.29, 0.717) is 0 Å². The Kier molecular flexibility index (Phi) is 3.07. The number of rotatable bonds is 3. The van der Waals surface area contributed by atoms with E-state index >= 15 is 0 Å². The standard InChI is InChI=1S/C11H14BrN3/c1-3-11-14-9(7-13-2)10-6-8(12)4-5-15(10)11/h4-6,13H,3,7H2,1-2H3. The highest BCUT2D eigenvalue weighted by Gasteiger charge is 2.08. The number of fused-ring (bicyclic) bond motifs is 1. The Bertz CT molecular complexity index is 476. The zero-order chi connectivity index (χ0) is 10.8. The lowest BCUT2D eigenvalue weighted by Gasteiger charge is -1.99. The molecule has 2 heterocycles. The van der Waals surface area contributed by atoms with Crippen LogP contribution >= 0.6 is 15.9 Å². The molecule has 0 aliphatic heterocycles. The van der Waals surface area contributed by atoms with Gasteiger partial charge in [0.15, 0.2) is 0 Å². The van der Waals surface area contributed by atoms with E-state index in [1.165, 1.54) is 5.52 Å². The van der Waals surface area contributed by atoms with Gasteiger partial charge in [-0.05, 0) is 19.2 Å². The summed E-state index contributed by atoms with van der Waals surface area (Å²) in [5.41, 5.74) is 2.28. The van der Waals surface area contributed by atoms with Gasteiger partial charge in [0.05, 0.1) is 11.2 Å². The minimum atomic E-state index is 0.806. The van der Waals surface area contributed by atoms with Crippen LogP contribution in [0.3, 0.4) is 0 Å². The molecule has 2 aromatic rings. The highest BCUT2D eigenvalue weighted by Crippen LogP contribution is 2.18. The van der Waals surface area contributed by atoms with E-state index < -0.39 is 0 Å². The van der Waals surface area contributed by atoms with Gasteiger partial charge in [-0.2, -0.15) is 0 Å². The summed E-state index contributed by atoms with van der Waals surface area (Å²) in [6.45, 7) is 2.93. The summed E-state index contributed by atoms with van der Waals surface area (Å²) in [5, 5.41) is 3.14. The maximum Gasteiger partial charge on any atom is 0.113 e. The van der Waals surface area contributed by atoms with Crippen LogP contribution in [0.15, 0.2) is 22.8 Å². The third-order valence-corrected chi connectivity index (χ3v) is 2.91. The van der Waals surface area contributed by atoms with E-state index in [9.17, 15) is 0 Å². The molecule has 4 heteroatoms. The minimum Gasteiger partial charge on any atom is -0.314 e. The second kappa shape index (κ2) is 4.33. The molecule has 0 bridgehead atoms. The lowest BCUT2D eigenvalue weighted by molar-refractivity contribution is 0.796. The largest absolute Gasteiger partial charge is 0.314 e. The van der Waals surface area contributed by atoms with Crippen LogP contribution in [0.1, 0.15) is 18.4 Å². The maximum absolute atomic E-state index is 4.62. The van der Waals surface area contributed by atoms with Gasteiger partial charge in [-0.15, -0.1) is 0 Å². The summed E-state index contributed by atoms with van der Waals surface area (Å²) in [5.74, 6) is 1.11. The number of nitrogens with zero attached hydrogens (tertiary/aromatic N) is 2. The molecule has 0 fully saturated rings. The molecule has 2 aromatic heterocycles. The Morgan fingerprint density at radius 1 is 1.53 bits per heavy atom. The molecule has 0 amide bonds. The third-order valence-electron chi connectivity index (χ3n) is 2.42. The average Bonchev–Trinajstić information content (AvgIpc) is 2.57. The second-order valence-corrected chi connectivity index (χ2v) is 4.37. The Balaban J connectivity index is 2.64. The van der Waals surface area contributed by atoms with Crippen molar-refractivity contribution in [3.8, 4) is 0 Å². The van der Waals surface area contributed by atoms with Crippen molar-refractivity contribution in [3.63, 3.8) is 0 Å². The van der Waals surface area contributed by atoms with Crippen LogP contribution in [0.2, 0.25) is 0 Å². The fourth-order valence-electron chi connectivity index (χ4n) is 1.74. The van der Waals surface area contributed by atoms with E-state index in [4.69, 9.17) is 0 Å². The zero-order valence-electron chi connectivity index (χ0n) is 8.92. The van der Waals surface area contributed by atoms with Crippen LogP contribution in [-0.4, -0.2) is 16.4 Å². The first kappa shape index (κ1) is 10.6. The first-order valence-electron chi connectivity index (χ1n) is 5.06. The molecule has 0 radical (unpaired) electrons. The molecule has 15 heavy (non-hydrogen) atoms. The van der Waals surface area contributed by atoms with E-state index in [2.05, 4.69) is 49.8 Å². The SMILES string of the molecule is CCc1nc(CNC)c2cc(Br)ccn12. The quantitative estimate of drug-likeness (QED) is 0.926. The first-order chi connectivity index (χ1) is 7.26. The van der Waals surface area contributed by atoms with Gasteiger partial charge in [-0.1, -0.05) is 22.9 Å². The number of halogens is 1. The van der Waals surface area contributed by atoms with Gasteiger partial charge >= 0.3 is 0 Å². The molecule has 0 aliphatic carbocycles.